The van der Waals surface area contributed by atoms with E-state index in [1.807, 2.05) is 37.9 Å². The lowest BCUT2D eigenvalue weighted by atomic mass is 10.3. The van der Waals surface area contributed by atoms with Crippen LogP contribution in [0.3, 0.4) is 0 Å². The quantitative estimate of drug-likeness (QED) is 0.789. The Labute approximate surface area is 115 Å². The lowest BCUT2D eigenvalue weighted by molar-refractivity contribution is -0.120. The van der Waals surface area contributed by atoms with E-state index in [1.54, 1.807) is 6.20 Å². The molecule has 1 rings (SSSR count). The summed E-state index contributed by atoms with van der Waals surface area (Å²) in [6.07, 6.45) is 2.81. The number of pyridine rings is 1. The fourth-order valence-electron chi connectivity index (χ4n) is 1.68. The fourth-order valence-corrected chi connectivity index (χ4v) is 1.68. The minimum Gasteiger partial charge on any atom is -0.370 e. The van der Waals surface area contributed by atoms with E-state index in [0.717, 1.165) is 24.5 Å². The zero-order valence-corrected chi connectivity index (χ0v) is 12.2. The monoisotopic (exact) mass is 264 g/mol. The zero-order valence-electron chi connectivity index (χ0n) is 12.2. The Kier molecular flexibility index (Phi) is 6.12. The van der Waals surface area contributed by atoms with Gasteiger partial charge in [0.1, 0.15) is 5.82 Å². The third-order valence-electron chi connectivity index (χ3n) is 2.57. The highest BCUT2D eigenvalue weighted by molar-refractivity contribution is 5.81. The summed E-state index contributed by atoms with van der Waals surface area (Å²) in [6.45, 7) is 7.26. The number of nitrogens with one attached hydrogen (secondary N) is 2. The van der Waals surface area contributed by atoms with Crippen molar-refractivity contribution < 1.29 is 4.79 Å². The summed E-state index contributed by atoms with van der Waals surface area (Å²) in [5, 5.41) is 6.12. The van der Waals surface area contributed by atoms with Gasteiger partial charge in [0.25, 0.3) is 0 Å². The first kappa shape index (κ1) is 15.3. The lowest BCUT2D eigenvalue weighted by Crippen LogP contribution is -2.38. The summed E-state index contributed by atoms with van der Waals surface area (Å²) < 4.78 is 0. The summed E-state index contributed by atoms with van der Waals surface area (Å²) in [5.74, 6) is 0.868. The Bertz CT molecular complexity index is 406. The van der Waals surface area contributed by atoms with Crippen LogP contribution >= 0.6 is 0 Å². The summed E-state index contributed by atoms with van der Waals surface area (Å²) in [7, 11) is 1.90. The van der Waals surface area contributed by atoms with Crippen LogP contribution in [0.2, 0.25) is 0 Å². The minimum atomic E-state index is 0.0254. The molecule has 5 nitrogen and oxygen atoms in total. The summed E-state index contributed by atoms with van der Waals surface area (Å²) in [5.41, 5.74) is 0.979. The molecule has 0 aliphatic heterocycles. The van der Waals surface area contributed by atoms with E-state index in [2.05, 4.69) is 22.5 Å². The molecule has 0 aliphatic rings. The van der Waals surface area contributed by atoms with E-state index in [0.29, 0.717) is 6.54 Å². The van der Waals surface area contributed by atoms with Gasteiger partial charge in [-0.25, -0.2) is 4.98 Å². The highest BCUT2D eigenvalue weighted by Gasteiger charge is 2.09. The predicted octanol–water partition coefficient (Wildman–Crippen LogP) is 1.86. The third-order valence-corrected chi connectivity index (χ3v) is 2.57. The number of hydrogen-bond donors (Lipinski definition) is 2. The predicted molar refractivity (Wildman–Crippen MR) is 79.6 cm³/mol. The number of anilines is 2. The van der Waals surface area contributed by atoms with E-state index in [-0.39, 0.29) is 11.9 Å². The Balaban J connectivity index is 2.60. The van der Waals surface area contributed by atoms with Crippen molar-refractivity contribution in [2.75, 3.05) is 30.4 Å². The zero-order chi connectivity index (χ0) is 14.3. The smallest absolute Gasteiger partial charge is 0.239 e. The molecule has 0 fully saturated rings. The van der Waals surface area contributed by atoms with Gasteiger partial charge in [-0.3, -0.25) is 4.79 Å². The molecule has 1 heterocycles. The average Bonchev–Trinajstić information content (AvgIpc) is 2.35. The molecular formula is C14H24N4O. The molecule has 19 heavy (non-hydrogen) atoms. The van der Waals surface area contributed by atoms with Crippen LogP contribution in [0.4, 0.5) is 11.5 Å². The van der Waals surface area contributed by atoms with Crippen LogP contribution in [0.25, 0.3) is 0 Å². The maximum Gasteiger partial charge on any atom is 0.239 e. The van der Waals surface area contributed by atoms with Gasteiger partial charge in [-0.2, -0.15) is 0 Å². The normalized spacial score (nSPS) is 10.4. The number of carbonyl (C=O) groups is 1. The number of hydrogen-bond acceptors (Lipinski definition) is 4. The topological polar surface area (TPSA) is 57.3 Å². The molecule has 0 radical (unpaired) electrons. The van der Waals surface area contributed by atoms with Gasteiger partial charge >= 0.3 is 0 Å². The second kappa shape index (κ2) is 7.61. The van der Waals surface area contributed by atoms with Gasteiger partial charge in [-0.15, -0.1) is 0 Å². The molecule has 0 aliphatic carbocycles. The van der Waals surface area contributed by atoms with Crippen LogP contribution in [0.15, 0.2) is 18.3 Å². The Morgan fingerprint density at radius 3 is 2.84 bits per heavy atom. The van der Waals surface area contributed by atoms with Gasteiger partial charge in [0, 0.05) is 37.6 Å². The molecule has 0 bridgehead atoms. The van der Waals surface area contributed by atoms with Gasteiger partial charge in [-0.05, 0) is 26.3 Å². The summed E-state index contributed by atoms with van der Waals surface area (Å²) >= 11 is 0. The van der Waals surface area contributed by atoms with Crippen molar-refractivity contribution in [3.63, 3.8) is 0 Å². The Morgan fingerprint density at radius 2 is 2.21 bits per heavy atom. The van der Waals surface area contributed by atoms with Crippen molar-refractivity contribution >= 4 is 17.4 Å². The molecule has 0 saturated heterocycles. The van der Waals surface area contributed by atoms with Crippen LogP contribution in [0.5, 0.6) is 0 Å². The standard InChI is InChI=1S/C14H24N4O/c1-5-7-15-13-9-12(6-8-16-13)18(4)10-14(19)17-11(2)3/h6,8-9,11H,5,7,10H2,1-4H3,(H,15,16)(H,17,19). The molecule has 1 amide bonds. The van der Waals surface area contributed by atoms with E-state index in [1.165, 1.54) is 0 Å². The van der Waals surface area contributed by atoms with Gasteiger partial charge in [-0.1, -0.05) is 6.92 Å². The first-order chi connectivity index (χ1) is 9.02. The molecule has 0 atom stereocenters. The lowest BCUT2D eigenvalue weighted by Gasteiger charge is -2.20. The maximum absolute atomic E-state index is 11.7. The van der Waals surface area contributed by atoms with E-state index >= 15 is 0 Å². The van der Waals surface area contributed by atoms with Crippen LogP contribution in [-0.2, 0) is 4.79 Å². The van der Waals surface area contributed by atoms with Crippen molar-refractivity contribution in [1.29, 1.82) is 0 Å². The summed E-state index contributed by atoms with van der Waals surface area (Å²) in [6, 6.07) is 4.03. The second-order valence-corrected chi connectivity index (χ2v) is 4.90. The van der Waals surface area contributed by atoms with Crippen molar-refractivity contribution in [1.82, 2.24) is 10.3 Å². The molecule has 0 aromatic carbocycles. The van der Waals surface area contributed by atoms with Crippen LogP contribution in [0.1, 0.15) is 27.2 Å². The highest BCUT2D eigenvalue weighted by atomic mass is 16.2. The van der Waals surface area contributed by atoms with Crippen LogP contribution in [-0.4, -0.2) is 37.1 Å². The summed E-state index contributed by atoms with van der Waals surface area (Å²) in [4.78, 5) is 17.9. The van der Waals surface area contributed by atoms with E-state index in [9.17, 15) is 4.79 Å². The van der Waals surface area contributed by atoms with Crippen LogP contribution in [0, 0.1) is 0 Å². The number of rotatable bonds is 7. The van der Waals surface area contributed by atoms with Crippen molar-refractivity contribution in [3.8, 4) is 0 Å². The van der Waals surface area contributed by atoms with Crippen molar-refractivity contribution in [2.24, 2.45) is 0 Å². The average molecular weight is 264 g/mol. The number of carbonyl (C=O) groups excluding carboxylic acids is 1. The molecular weight excluding hydrogens is 240 g/mol. The van der Waals surface area contributed by atoms with Gasteiger partial charge in [0.05, 0.1) is 6.54 Å². The minimum absolute atomic E-state index is 0.0254. The first-order valence-corrected chi connectivity index (χ1v) is 6.73. The molecule has 0 unspecified atom stereocenters. The maximum atomic E-state index is 11.7. The van der Waals surface area contributed by atoms with Crippen molar-refractivity contribution in [2.45, 2.75) is 33.2 Å². The Hall–Kier alpha value is -1.78. The third kappa shape index (κ3) is 5.59. The van der Waals surface area contributed by atoms with Crippen LogP contribution < -0.4 is 15.5 Å². The molecule has 5 heteroatoms. The van der Waals surface area contributed by atoms with Gasteiger partial charge in [0.2, 0.25) is 5.91 Å². The SMILES string of the molecule is CCCNc1cc(N(C)CC(=O)NC(C)C)ccn1. The number of likely N-dealkylation sites (N-methyl/N-ethyl adjacent to an activating group) is 1. The first-order valence-electron chi connectivity index (χ1n) is 6.73. The molecule has 0 saturated carbocycles. The molecule has 0 spiro atoms. The van der Waals surface area contributed by atoms with E-state index in [4.69, 9.17) is 0 Å². The largest absolute Gasteiger partial charge is 0.370 e. The second-order valence-electron chi connectivity index (χ2n) is 4.90. The number of amides is 1. The van der Waals surface area contributed by atoms with Gasteiger partial charge < -0.3 is 15.5 Å². The van der Waals surface area contributed by atoms with Crippen molar-refractivity contribution in [3.05, 3.63) is 18.3 Å². The van der Waals surface area contributed by atoms with Gasteiger partial charge in [0.15, 0.2) is 0 Å². The molecule has 1 aromatic heterocycles. The molecule has 1 aromatic rings. The molecule has 106 valence electrons. The molecule has 2 N–H and O–H groups in total. The van der Waals surface area contributed by atoms with E-state index < -0.39 is 0 Å². The number of aromatic nitrogens is 1. The Morgan fingerprint density at radius 1 is 1.47 bits per heavy atom. The fraction of sp³-hybridized carbons (Fsp3) is 0.571. The number of nitrogens with zero attached hydrogens (tertiary/aromatic N) is 2. The highest BCUT2D eigenvalue weighted by Crippen LogP contribution is 2.15.